The zero-order valence-corrected chi connectivity index (χ0v) is 9.05. The van der Waals surface area contributed by atoms with Crippen molar-refractivity contribution in [1.29, 1.82) is 0 Å². The van der Waals surface area contributed by atoms with Crippen LogP contribution in [0, 0.1) is 0 Å². The molecule has 0 unspecified atom stereocenters. The lowest BCUT2D eigenvalue weighted by atomic mass is 10.1. The van der Waals surface area contributed by atoms with Gasteiger partial charge in [-0.3, -0.25) is 4.79 Å². The Labute approximate surface area is 95.1 Å². The zero-order valence-electron chi connectivity index (χ0n) is 9.05. The maximum Gasteiger partial charge on any atom is 0.316 e. The molecule has 0 aliphatic heterocycles. The lowest BCUT2D eigenvalue weighted by Gasteiger charge is -2.10. The van der Waals surface area contributed by atoms with Crippen LogP contribution in [-0.4, -0.2) is 13.5 Å². The molecule has 1 amide bonds. The van der Waals surface area contributed by atoms with Gasteiger partial charge in [0.1, 0.15) is 0 Å². The Morgan fingerprint density at radius 3 is 2.00 bits per heavy atom. The predicted molar refractivity (Wildman–Crippen MR) is 66.0 cm³/mol. The highest BCUT2D eigenvalue weighted by Crippen LogP contribution is 2.21. The molecule has 2 nitrogen and oxygen atoms in total. The van der Waals surface area contributed by atoms with E-state index in [9.17, 15) is 4.79 Å². The largest absolute Gasteiger partial charge is 0.316 e. The van der Waals surface area contributed by atoms with E-state index in [4.69, 9.17) is 0 Å². The summed E-state index contributed by atoms with van der Waals surface area (Å²) in [6.45, 7) is 0. The third-order valence-corrected chi connectivity index (χ3v) is 2.50. The molecular formula is C14H12NO. The summed E-state index contributed by atoms with van der Waals surface area (Å²) in [6, 6.07) is 17.9. The summed E-state index contributed by atoms with van der Waals surface area (Å²) in [7, 11) is 1.69. The summed E-state index contributed by atoms with van der Waals surface area (Å²) in [4.78, 5) is 11.9. The lowest BCUT2D eigenvalue weighted by Crippen LogP contribution is -2.13. The van der Waals surface area contributed by atoms with E-state index in [0.29, 0.717) is 0 Å². The molecule has 2 rings (SSSR count). The molecule has 0 aromatic heterocycles. The average molecular weight is 210 g/mol. The summed E-state index contributed by atoms with van der Waals surface area (Å²) in [5.74, 6) is 0. The van der Waals surface area contributed by atoms with Gasteiger partial charge in [-0.1, -0.05) is 42.5 Å². The Kier molecular flexibility index (Phi) is 3.01. The first-order valence-corrected chi connectivity index (χ1v) is 5.08. The van der Waals surface area contributed by atoms with Gasteiger partial charge in [0.25, 0.3) is 0 Å². The maximum absolute atomic E-state index is 10.5. The van der Waals surface area contributed by atoms with Gasteiger partial charge in [-0.05, 0) is 23.3 Å². The van der Waals surface area contributed by atoms with Crippen LogP contribution in [0.5, 0.6) is 0 Å². The van der Waals surface area contributed by atoms with Crippen LogP contribution in [-0.2, 0) is 4.79 Å². The number of hydrogen-bond acceptors (Lipinski definition) is 1. The van der Waals surface area contributed by atoms with Gasteiger partial charge in [0.15, 0.2) is 0 Å². The van der Waals surface area contributed by atoms with Crippen LogP contribution in [0.25, 0.3) is 11.1 Å². The fraction of sp³-hybridized carbons (Fsp3) is 0.0714. The summed E-state index contributed by atoms with van der Waals surface area (Å²) in [6.07, 6.45) is 1.82. The number of rotatable bonds is 3. The Bertz CT molecular complexity index is 462. The van der Waals surface area contributed by atoms with Gasteiger partial charge in [0.05, 0.1) is 0 Å². The van der Waals surface area contributed by atoms with Crippen molar-refractivity contribution in [2.45, 2.75) is 0 Å². The van der Waals surface area contributed by atoms with Crippen molar-refractivity contribution in [3.63, 3.8) is 0 Å². The van der Waals surface area contributed by atoms with Crippen LogP contribution >= 0.6 is 0 Å². The minimum Gasteiger partial charge on any atom is -0.307 e. The van der Waals surface area contributed by atoms with Gasteiger partial charge in [0, 0.05) is 12.7 Å². The topological polar surface area (TPSA) is 20.3 Å². The number of amides is 1. The summed E-state index contributed by atoms with van der Waals surface area (Å²) >= 11 is 0. The van der Waals surface area contributed by atoms with E-state index in [0.717, 1.165) is 11.3 Å². The molecule has 0 saturated carbocycles. The minimum atomic E-state index is 0.842. The quantitative estimate of drug-likeness (QED) is 0.713. The first kappa shape index (κ1) is 10.4. The Balaban J connectivity index is 2.30. The second kappa shape index (κ2) is 4.62. The van der Waals surface area contributed by atoms with Crippen LogP contribution in [0.2, 0.25) is 0 Å². The molecule has 0 N–H and O–H groups in total. The van der Waals surface area contributed by atoms with Crippen molar-refractivity contribution in [3.8, 4) is 11.1 Å². The van der Waals surface area contributed by atoms with E-state index in [1.165, 1.54) is 10.5 Å². The number of hydrogen-bond donors (Lipinski definition) is 0. The molecule has 2 heteroatoms. The highest BCUT2D eigenvalue weighted by Gasteiger charge is 2.00. The van der Waals surface area contributed by atoms with Gasteiger partial charge in [-0.15, -0.1) is 0 Å². The maximum atomic E-state index is 10.5. The molecule has 0 fully saturated rings. The van der Waals surface area contributed by atoms with Crippen molar-refractivity contribution in [1.82, 2.24) is 0 Å². The molecule has 0 saturated heterocycles. The lowest BCUT2D eigenvalue weighted by molar-refractivity contribution is 0.554. The number of nitrogens with zero attached hydrogens (tertiary/aromatic N) is 1. The standard InChI is InChI=1S/C14H12NO/c1-15(11-16)14-9-7-13(8-10-14)12-5-3-2-4-6-12/h2-10H,1H3. The van der Waals surface area contributed by atoms with E-state index in [-0.39, 0.29) is 0 Å². The third-order valence-electron chi connectivity index (χ3n) is 2.50. The molecule has 0 aliphatic rings. The van der Waals surface area contributed by atoms with Crippen molar-refractivity contribution < 1.29 is 4.79 Å². The molecule has 79 valence electrons. The third kappa shape index (κ3) is 2.11. The molecule has 0 atom stereocenters. The predicted octanol–water partition coefficient (Wildman–Crippen LogP) is 2.86. The van der Waals surface area contributed by atoms with Gasteiger partial charge >= 0.3 is 6.41 Å². The normalized spacial score (nSPS) is 9.81. The van der Waals surface area contributed by atoms with Crippen molar-refractivity contribution in [2.75, 3.05) is 11.9 Å². The molecule has 0 spiro atoms. The zero-order chi connectivity index (χ0) is 11.4. The summed E-state index contributed by atoms with van der Waals surface area (Å²) in [5, 5.41) is 0. The first-order valence-electron chi connectivity index (χ1n) is 5.08. The summed E-state index contributed by atoms with van der Waals surface area (Å²) in [5.41, 5.74) is 3.16. The fourth-order valence-corrected chi connectivity index (χ4v) is 1.56. The van der Waals surface area contributed by atoms with Gasteiger partial charge < -0.3 is 4.90 Å². The van der Waals surface area contributed by atoms with Crippen LogP contribution in [0.15, 0.2) is 54.6 Å². The summed E-state index contributed by atoms with van der Waals surface area (Å²) < 4.78 is 0. The molecular weight excluding hydrogens is 198 g/mol. The van der Waals surface area contributed by atoms with Crippen LogP contribution in [0.1, 0.15) is 0 Å². The van der Waals surface area contributed by atoms with E-state index >= 15 is 0 Å². The monoisotopic (exact) mass is 210 g/mol. The van der Waals surface area contributed by atoms with Crippen LogP contribution in [0.4, 0.5) is 5.69 Å². The van der Waals surface area contributed by atoms with Crippen molar-refractivity contribution >= 4 is 12.1 Å². The second-order valence-electron chi connectivity index (χ2n) is 3.56. The molecule has 16 heavy (non-hydrogen) atoms. The van der Waals surface area contributed by atoms with Gasteiger partial charge in [0.2, 0.25) is 0 Å². The average Bonchev–Trinajstić information content (AvgIpc) is 2.39. The Morgan fingerprint density at radius 1 is 0.875 bits per heavy atom. The number of anilines is 1. The molecule has 0 aliphatic carbocycles. The van der Waals surface area contributed by atoms with Crippen molar-refractivity contribution in [3.05, 3.63) is 54.6 Å². The minimum absolute atomic E-state index is 0.842. The molecule has 0 heterocycles. The van der Waals surface area contributed by atoms with E-state index in [1.807, 2.05) is 48.9 Å². The highest BCUT2D eigenvalue weighted by atomic mass is 16.1. The molecule has 1 radical (unpaired) electrons. The Hall–Kier alpha value is -2.09. The Morgan fingerprint density at radius 2 is 1.44 bits per heavy atom. The molecule has 0 bridgehead atoms. The smallest absolute Gasteiger partial charge is 0.307 e. The van der Waals surface area contributed by atoms with Gasteiger partial charge in [-0.25, -0.2) is 0 Å². The number of carbonyl (C=O) groups excluding carboxylic acids is 1. The van der Waals surface area contributed by atoms with E-state index in [2.05, 4.69) is 12.1 Å². The first-order chi connectivity index (χ1) is 7.81. The molecule has 2 aromatic carbocycles. The van der Waals surface area contributed by atoms with E-state index < -0.39 is 0 Å². The second-order valence-corrected chi connectivity index (χ2v) is 3.56. The van der Waals surface area contributed by atoms with Crippen LogP contribution < -0.4 is 4.90 Å². The number of benzene rings is 2. The fourth-order valence-electron chi connectivity index (χ4n) is 1.56. The van der Waals surface area contributed by atoms with Crippen molar-refractivity contribution in [2.24, 2.45) is 0 Å². The SMILES string of the molecule is CN([C]=O)c1ccc(-c2ccccc2)cc1. The van der Waals surface area contributed by atoms with Gasteiger partial charge in [-0.2, -0.15) is 0 Å². The van der Waals surface area contributed by atoms with E-state index in [1.54, 1.807) is 7.05 Å². The highest BCUT2D eigenvalue weighted by molar-refractivity contribution is 5.76. The molecule has 2 aromatic rings. The van der Waals surface area contributed by atoms with Crippen LogP contribution in [0.3, 0.4) is 0 Å².